The molecule has 2 fully saturated rings. The van der Waals surface area contributed by atoms with Crippen molar-refractivity contribution in [2.24, 2.45) is 35.5 Å². The van der Waals surface area contributed by atoms with Crippen molar-refractivity contribution in [3.8, 4) is 0 Å². The van der Waals surface area contributed by atoms with Gasteiger partial charge in [-0.2, -0.15) is 4.57 Å². The van der Waals surface area contributed by atoms with Gasteiger partial charge in [0.2, 0.25) is 5.01 Å². The molecule has 2 nitrogen and oxygen atoms in total. The van der Waals surface area contributed by atoms with E-state index in [1.54, 1.807) is 5.69 Å². The molecule has 0 spiro atoms. The summed E-state index contributed by atoms with van der Waals surface area (Å²) in [6, 6.07) is 10.4. The Hall–Kier alpha value is -1.48. The third-order valence-corrected chi connectivity index (χ3v) is 9.96. The molecular formula is C31H46NOS+. The van der Waals surface area contributed by atoms with Crippen LogP contribution in [0.2, 0.25) is 0 Å². The molecule has 186 valence electrons. The van der Waals surface area contributed by atoms with Crippen molar-refractivity contribution in [3.63, 3.8) is 0 Å². The lowest BCUT2D eigenvalue weighted by Gasteiger charge is -2.38. The van der Waals surface area contributed by atoms with Crippen molar-refractivity contribution in [1.82, 2.24) is 0 Å². The van der Waals surface area contributed by atoms with E-state index in [-0.39, 0.29) is 5.78 Å². The second-order valence-corrected chi connectivity index (χ2v) is 13.2. The minimum Gasteiger partial charge on any atom is -0.294 e. The number of hydrogen-bond donors (Lipinski definition) is 0. The lowest BCUT2D eigenvalue weighted by Crippen LogP contribution is -2.53. The highest BCUT2D eigenvalue weighted by atomic mass is 32.1. The Morgan fingerprint density at radius 1 is 0.912 bits per heavy atom. The summed E-state index contributed by atoms with van der Waals surface area (Å²) >= 11 is 1.86. The second kappa shape index (κ2) is 11.1. The fourth-order valence-electron chi connectivity index (χ4n) is 7.01. The van der Waals surface area contributed by atoms with Gasteiger partial charge in [0.15, 0.2) is 17.5 Å². The Balaban J connectivity index is 1.78. The molecule has 1 heterocycles. The number of Topliss-reactive ketones (excluding diaryl/α,β-unsaturated/α-hetero) is 1. The maximum absolute atomic E-state index is 13.3. The summed E-state index contributed by atoms with van der Waals surface area (Å²) in [6.45, 7) is 14.5. The molecule has 0 N–H and O–H groups in total. The third-order valence-electron chi connectivity index (χ3n) is 8.99. The zero-order valence-electron chi connectivity index (χ0n) is 22.3. The Morgan fingerprint density at radius 2 is 1.53 bits per heavy atom. The van der Waals surface area contributed by atoms with Crippen LogP contribution in [0.25, 0.3) is 0 Å². The molecule has 0 radical (unpaired) electrons. The van der Waals surface area contributed by atoms with Gasteiger partial charge < -0.3 is 0 Å². The van der Waals surface area contributed by atoms with E-state index in [1.165, 1.54) is 43.5 Å². The number of nitrogens with zero attached hydrogens (tertiary/aromatic N) is 1. The molecule has 3 heteroatoms. The van der Waals surface area contributed by atoms with Crippen LogP contribution in [0.5, 0.6) is 0 Å². The molecular weight excluding hydrogens is 434 g/mol. The average molecular weight is 481 g/mol. The predicted octanol–water partition coefficient (Wildman–Crippen LogP) is 8.27. The van der Waals surface area contributed by atoms with Crippen LogP contribution in [0.1, 0.15) is 113 Å². The summed E-state index contributed by atoms with van der Waals surface area (Å²) in [6.07, 6.45) is 8.42. The first kappa shape index (κ1) is 25.6. The van der Waals surface area contributed by atoms with E-state index < -0.39 is 0 Å². The van der Waals surface area contributed by atoms with E-state index >= 15 is 0 Å². The van der Waals surface area contributed by atoms with E-state index in [2.05, 4.69) is 51.5 Å². The number of ketones is 1. The minimum atomic E-state index is 0.255. The standard InChI is InChI=1S/C31H46NOS/c1-20(2)25-14-12-22(5)16-27(25)29-19-34-31(18-30(33)24-10-8-7-9-11-24)32(29)28-17-23(6)13-15-26(28)21(3)4/h7-11,19-23,25-28H,12-18H2,1-6H3/q+1. The molecule has 2 aliphatic rings. The zero-order chi connectivity index (χ0) is 24.4. The maximum atomic E-state index is 13.3. The first-order valence-electron chi connectivity index (χ1n) is 13.9. The number of carbonyl (C=O) groups excluding carboxylic acids is 1. The number of carbonyl (C=O) groups is 1. The summed E-state index contributed by atoms with van der Waals surface area (Å²) in [5.74, 6) is 5.22. The van der Waals surface area contributed by atoms with Crippen molar-refractivity contribution in [2.45, 2.75) is 98.4 Å². The smallest absolute Gasteiger partial charge is 0.245 e. The van der Waals surface area contributed by atoms with Crippen LogP contribution in [0, 0.1) is 35.5 Å². The van der Waals surface area contributed by atoms with Gasteiger partial charge in [-0.15, -0.1) is 0 Å². The molecule has 34 heavy (non-hydrogen) atoms. The lowest BCUT2D eigenvalue weighted by molar-refractivity contribution is -0.743. The van der Waals surface area contributed by atoms with Gasteiger partial charge in [-0.1, -0.05) is 89.6 Å². The number of benzene rings is 1. The summed E-state index contributed by atoms with van der Waals surface area (Å²) in [4.78, 5) is 13.3. The van der Waals surface area contributed by atoms with E-state index in [0.717, 1.165) is 23.3 Å². The molecule has 6 atom stereocenters. The Kier molecular flexibility index (Phi) is 8.33. The van der Waals surface area contributed by atoms with Crippen LogP contribution in [0.4, 0.5) is 0 Å². The quantitative estimate of drug-likeness (QED) is 0.288. The van der Waals surface area contributed by atoms with Gasteiger partial charge in [0.1, 0.15) is 6.42 Å². The SMILES string of the molecule is CC1CCC(C(C)C)C(c2csc(CC(=O)c3ccccc3)[n+]2C2CC(C)CCC2C(C)C)C1. The van der Waals surface area contributed by atoms with E-state index in [4.69, 9.17) is 0 Å². The molecule has 1 aromatic carbocycles. The maximum Gasteiger partial charge on any atom is 0.245 e. The summed E-state index contributed by atoms with van der Waals surface area (Å²) in [5.41, 5.74) is 2.39. The van der Waals surface area contributed by atoms with Crippen molar-refractivity contribution in [3.05, 3.63) is 52.0 Å². The number of rotatable bonds is 7. The van der Waals surface area contributed by atoms with Crippen molar-refractivity contribution in [2.75, 3.05) is 0 Å². The van der Waals surface area contributed by atoms with Crippen LogP contribution in [-0.4, -0.2) is 5.78 Å². The minimum absolute atomic E-state index is 0.255. The van der Waals surface area contributed by atoms with Gasteiger partial charge in [-0.25, -0.2) is 0 Å². The van der Waals surface area contributed by atoms with Gasteiger partial charge in [0.25, 0.3) is 0 Å². The third kappa shape index (κ3) is 5.50. The molecule has 0 saturated heterocycles. The number of thiazole rings is 1. The van der Waals surface area contributed by atoms with E-state index in [9.17, 15) is 4.79 Å². The average Bonchev–Trinajstić information content (AvgIpc) is 3.22. The predicted molar refractivity (Wildman–Crippen MR) is 143 cm³/mol. The first-order valence-corrected chi connectivity index (χ1v) is 14.7. The molecule has 4 rings (SSSR count). The van der Waals surface area contributed by atoms with Crippen molar-refractivity contribution >= 4 is 17.1 Å². The molecule has 0 bridgehead atoms. The number of aromatic nitrogens is 1. The van der Waals surface area contributed by atoms with Gasteiger partial charge in [-0.05, 0) is 55.3 Å². The molecule has 1 aromatic heterocycles. The van der Waals surface area contributed by atoms with Gasteiger partial charge in [-0.3, -0.25) is 4.79 Å². The van der Waals surface area contributed by atoms with Gasteiger partial charge >= 0.3 is 0 Å². The Labute approximate surface area is 212 Å². The van der Waals surface area contributed by atoms with Crippen LogP contribution >= 0.6 is 11.3 Å². The summed E-state index contributed by atoms with van der Waals surface area (Å²) in [7, 11) is 0. The number of hydrogen-bond acceptors (Lipinski definition) is 2. The van der Waals surface area contributed by atoms with Gasteiger partial charge in [0.05, 0.1) is 5.38 Å². The fourth-order valence-corrected chi connectivity index (χ4v) is 8.12. The highest BCUT2D eigenvalue weighted by Gasteiger charge is 2.45. The normalized spacial score (nSPS) is 30.1. The molecule has 0 amide bonds. The van der Waals surface area contributed by atoms with Crippen LogP contribution in [0.3, 0.4) is 0 Å². The van der Waals surface area contributed by atoms with Crippen molar-refractivity contribution in [1.29, 1.82) is 0 Å². The fraction of sp³-hybridized carbons (Fsp3) is 0.677. The molecule has 6 unspecified atom stereocenters. The first-order chi connectivity index (χ1) is 16.3. The largest absolute Gasteiger partial charge is 0.294 e. The van der Waals surface area contributed by atoms with Gasteiger partial charge in [0, 0.05) is 23.8 Å². The Morgan fingerprint density at radius 3 is 2.18 bits per heavy atom. The Bertz CT molecular complexity index is 946. The van der Waals surface area contributed by atoms with Crippen LogP contribution in [0.15, 0.2) is 35.7 Å². The molecule has 2 saturated carbocycles. The van der Waals surface area contributed by atoms with E-state index in [0.29, 0.717) is 36.1 Å². The second-order valence-electron chi connectivity index (χ2n) is 12.2. The monoisotopic (exact) mass is 480 g/mol. The molecule has 0 aliphatic heterocycles. The van der Waals surface area contributed by atoms with Crippen LogP contribution < -0.4 is 4.57 Å². The van der Waals surface area contributed by atoms with Crippen LogP contribution in [-0.2, 0) is 6.42 Å². The lowest BCUT2D eigenvalue weighted by atomic mass is 9.68. The highest BCUT2D eigenvalue weighted by Crippen LogP contribution is 2.46. The van der Waals surface area contributed by atoms with E-state index in [1.807, 2.05) is 41.7 Å². The van der Waals surface area contributed by atoms with Crippen molar-refractivity contribution < 1.29 is 9.36 Å². The molecule has 2 aromatic rings. The highest BCUT2D eigenvalue weighted by molar-refractivity contribution is 7.09. The summed E-state index contributed by atoms with van der Waals surface area (Å²) < 4.78 is 2.74. The topological polar surface area (TPSA) is 20.9 Å². The zero-order valence-corrected chi connectivity index (χ0v) is 23.1. The molecule has 2 aliphatic carbocycles. The summed E-state index contributed by atoms with van der Waals surface area (Å²) in [5, 5.41) is 3.75.